The Hall–Kier alpha value is -3.86. The summed E-state index contributed by atoms with van der Waals surface area (Å²) >= 11 is 0. The van der Waals surface area contributed by atoms with Crippen molar-refractivity contribution >= 4 is 5.97 Å². The fraction of sp³-hybridized carbons (Fsp3) is 0.0435. The minimum absolute atomic E-state index is 0.000173. The first-order chi connectivity index (χ1) is 13.6. The number of hydrogen-bond donors (Lipinski definition) is 1. The molecule has 0 saturated carbocycles. The number of benzene rings is 3. The molecule has 28 heavy (non-hydrogen) atoms. The van der Waals surface area contributed by atoms with Crippen molar-refractivity contribution in [2.75, 3.05) is 0 Å². The molecule has 1 N–H and O–H groups in total. The maximum Gasteiger partial charge on any atom is 0.356 e. The fourth-order valence-electron chi connectivity index (χ4n) is 2.89. The molecule has 5 heteroatoms. The van der Waals surface area contributed by atoms with Gasteiger partial charge >= 0.3 is 5.97 Å². The molecule has 3 aromatic carbocycles. The first kappa shape index (κ1) is 17.5. The van der Waals surface area contributed by atoms with Crippen LogP contribution in [0.1, 0.15) is 16.1 Å². The largest absolute Gasteiger partial charge is 0.476 e. The molecule has 1 aromatic heterocycles. The van der Waals surface area contributed by atoms with Crippen molar-refractivity contribution in [3.8, 4) is 28.4 Å². The van der Waals surface area contributed by atoms with Gasteiger partial charge in [-0.2, -0.15) is 5.10 Å². The summed E-state index contributed by atoms with van der Waals surface area (Å²) in [7, 11) is 0. The molecule has 0 aliphatic heterocycles. The molecule has 0 aliphatic rings. The van der Waals surface area contributed by atoms with Crippen molar-refractivity contribution in [3.05, 3.63) is 96.2 Å². The molecule has 0 radical (unpaired) electrons. The maximum absolute atomic E-state index is 11.4. The van der Waals surface area contributed by atoms with Gasteiger partial charge in [-0.1, -0.05) is 35.9 Å². The fourth-order valence-corrected chi connectivity index (χ4v) is 2.89. The number of aromatic carboxylic acids is 1. The van der Waals surface area contributed by atoms with Crippen LogP contribution in [0.3, 0.4) is 0 Å². The van der Waals surface area contributed by atoms with E-state index in [1.165, 1.54) is 0 Å². The van der Waals surface area contributed by atoms with Crippen LogP contribution >= 0.6 is 0 Å². The van der Waals surface area contributed by atoms with Crippen molar-refractivity contribution in [2.24, 2.45) is 0 Å². The Morgan fingerprint density at radius 1 is 0.893 bits per heavy atom. The number of aromatic nitrogens is 2. The van der Waals surface area contributed by atoms with Gasteiger partial charge in [0.2, 0.25) is 0 Å². The van der Waals surface area contributed by atoms with Crippen LogP contribution in [0.5, 0.6) is 11.5 Å². The van der Waals surface area contributed by atoms with Crippen LogP contribution in [0.2, 0.25) is 0 Å². The van der Waals surface area contributed by atoms with Crippen molar-refractivity contribution in [1.29, 1.82) is 0 Å². The molecule has 1 heterocycles. The van der Waals surface area contributed by atoms with Crippen LogP contribution in [-0.4, -0.2) is 20.9 Å². The normalized spacial score (nSPS) is 10.6. The number of ether oxygens (including phenoxy) is 1. The third-order valence-electron chi connectivity index (χ3n) is 4.34. The first-order valence-electron chi connectivity index (χ1n) is 8.84. The maximum atomic E-state index is 11.4. The number of carbonyl (C=O) groups is 1. The summed E-state index contributed by atoms with van der Waals surface area (Å²) in [5.41, 5.74) is 3.48. The van der Waals surface area contributed by atoms with Gasteiger partial charge in [0.05, 0.1) is 11.4 Å². The average molecular weight is 370 g/mol. The number of hydrogen-bond acceptors (Lipinski definition) is 3. The quantitative estimate of drug-likeness (QED) is 0.515. The molecular weight excluding hydrogens is 352 g/mol. The molecular formula is C23H18N2O3. The van der Waals surface area contributed by atoms with Gasteiger partial charge in [0.25, 0.3) is 0 Å². The second-order valence-electron chi connectivity index (χ2n) is 6.41. The predicted molar refractivity (Wildman–Crippen MR) is 107 cm³/mol. The van der Waals surface area contributed by atoms with E-state index in [1.807, 2.05) is 85.8 Å². The monoisotopic (exact) mass is 370 g/mol. The van der Waals surface area contributed by atoms with Crippen LogP contribution in [0.4, 0.5) is 0 Å². The topological polar surface area (TPSA) is 64.4 Å². The van der Waals surface area contributed by atoms with Gasteiger partial charge in [-0.15, -0.1) is 0 Å². The smallest absolute Gasteiger partial charge is 0.356 e. The molecule has 0 atom stereocenters. The molecule has 0 bridgehead atoms. The highest BCUT2D eigenvalue weighted by Crippen LogP contribution is 2.28. The third-order valence-corrected chi connectivity index (χ3v) is 4.34. The summed E-state index contributed by atoms with van der Waals surface area (Å²) in [5, 5.41) is 13.6. The second-order valence-corrected chi connectivity index (χ2v) is 6.41. The number of rotatable bonds is 5. The molecule has 0 amide bonds. The molecule has 4 aromatic rings. The number of aryl methyl sites for hydroxylation is 1. The lowest BCUT2D eigenvalue weighted by Crippen LogP contribution is -2.02. The van der Waals surface area contributed by atoms with E-state index in [1.54, 1.807) is 10.7 Å². The first-order valence-corrected chi connectivity index (χ1v) is 8.84. The summed E-state index contributed by atoms with van der Waals surface area (Å²) in [6, 6.07) is 26.4. The Labute approximate surface area is 162 Å². The van der Waals surface area contributed by atoms with E-state index in [9.17, 15) is 9.90 Å². The Morgan fingerprint density at radius 3 is 2.18 bits per heavy atom. The van der Waals surface area contributed by atoms with Crippen molar-refractivity contribution in [3.63, 3.8) is 0 Å². The van der Waals surface area contributed by atoms with Gasteiger partial charge in [0.15, 0.2) is 5.69 Å². The second kappa shape index (κ2) is 7.40. The Kier molecular flexibility index (Phi) is 4.64. The Bertz CT molecular complexity index is 1100. The summed E-state index contributed by atoms with van der Waals surface area (Å²) < 4.78 is 7.47. The number of carboxylic acid groups (broad SMARTS) is 1. The van der Waals surface area contributed by atoms with E-state index >= 15 is 0 Å². The van der Waals surface area contributed by atoms with Crippen LogP contribution in [0.25, 0.3) is 16.9 Å². The molecule has 0 unspecified atom stereocenters. The molecule has 0 saturated heterocycles. The van der Waals surface area contributed by atoms with Gasteiger partial charge in [-0.25, -0.2) is 9.48 Å². The predicted octanol–water partition coefficient (Wildman–Crippen LogP) is 5.34. The molecule has 5 nitrogen and oxygen atoms in total. The lowest BCUT2D eigenvalue weighted by Gasteiger charge is -2.09. The molecule has 4 rings (SSSR count). The number of carboxylic acids is 1. The average Bonchev–Trinajstić information content (AvgIpc) is 3.16. The lowest BCUT2D eigenvalue weighted by atomic mass is 10.1. The van der Waals surface area contributed by atoms with Crippen molar-refractivity contribution < 1.29 is 14.6 Å². The van der Waals surface area contributed by atoms with E-state index in [4.69, 9.17) is 4.74 Å². The highest BCUT2D eigenvalue weighted by atomic mass is 16.5. The van der Waals surface area contributed by atoms with E-state index in [-0.39, 0.29) is 5.69 Å². The van der Waals surface area contributed by atoms with Gasteiger partial charge in [-0.3, -0.25) is 0 Å². The molecule has 0 spiro atoms. The van der Waals surface area contributed by atoms with Gasteiger partial charge < -0.3 is 9.84 Å². The highest BCUT2D eigenvalue weighted by molar-refractivity contribution is 5.87. The standard InChI is InChI=1S/C23H18N2O3/c1-16-7-11-18(12-8-16)25-22(15-21(24-25)23(26)27)17-9-13-20(14-10-17)28-19-5-3-2-4-6-19/h2-15H,1H3,(H,26,27). The SMILES string of the molecule is Cc1ccc(-n2nc(C(=O)O)cc2-c2ccc(Oc3ccccc3)cc2)cc1. The lowest BCUT2D eigenvalue weighted by molar-refractivity contribution is 0.0690. The summed E-state index contributed by atoms with van der Waals surface area (Å²) in [6.45, 7) is 2.00. The summed E-state index contributed by atoms with van der Waals surface area (Å²) in [5.74, 6) is 0.402. The van der Waals surface area contributed by atoms with E-state index in [2.05, 4.69) is 5.10 Å². The minimum Gasteiger partial charge on any atom is -0.476 e. The zero-order valence-corrected chi connectivity index (χ0v) is 15.2. The van der Waals surface area contributed by atoms with Gasteiger partial charge in [0, 0.05) is 5.56 Å². The minimum atomic E-state index is -1.06. The van der Waals surface area contributed by atoms with Crippen molar-refractivity contribution in [1.82, 2.24) is 9.78 Å². The van der Waals surface area contributed by atoms with Crippen LogP contribution in [0.15, 0.2) is 84.9 Å². The molecule has 0 fully saturated rings. The number of nitrogens with zero attached hydrogens (tertiary/aromatic N) is 2. The number of para-hydroxylation sites is 1. The highest BCUT2D eigenvalue weighted by Gasteiger charge is 2.16. The van der Waals surface area contributed by atoms with E-state index in [0.717, 1.165) is 22.6 Å². The zero-order chi connectivity index (χ0) is 19.5. The summed E-state index contributed by atoms with van der Waals surface area (Å²) in [4.78, 5) is 11.4. The van der Waals surface area contributed by atoms with Gasteiger partial charge in [-0.05, 0) is 61.5 Å². The van der Waals surface area contributed by atoms with E-state index in [0.29, 0.717) is 11.4 Å². The molecule has 0 aliphatic carbocycles. The zero-order valence-electron chi connectivity index (χ0n) is 15.2. The summed E-state index contributed by atoms with van der Waals surface area (Å²) in [6.07, 6.45) is 0. The van der Waals surface area contributed by atoms with Gasteiger partial charge in [0.1, 0.15) is 11.5 Å². The molecule has 138 valence electrons. The van der Waals surface area contributed by atoms with Crippen LogP contribution < -0.4 is 4.74 Å². The van der Waals surface area contributed by atoms with Crippen molar-refractivity contribution in [2.45, 2.75) is 6.92 Å². The third kappa shape index (κ3) is 3.64. The Morgan fingerprint density at radius 2 is 1.54 bits per heavy atom. The Balaban J connectivity index is 1.70. The van der Waals surface area contributed by atoms with Crippen LogP contribution in [-0.2, 0) is 0 Å². The van der Waals surface area contributed by atoms with Crippen LogP contribution in [0, 0.1) is 6.92 Å². The van der Waals surface area contributed by atoms with E-state index < -0.39 is 5.97 Å².